The van der Waals surface area contributed by atoms with E-state index in [2.05, 4.69) is 24.9 Å². The number of ether oxygens (including phenoxy) is 1. The summed E-state index contributed by atoms with van der Waals surface area (Å²) in [5.41, 5.74) is 8.88. The van der Waals surface area contributed by atoms with Gasteiger partial charge in [0.25, 0.3) is 0 Å². The molecule has 2 N–H and O–H groups in total. The molecular formula is C13H16N2OS. The maximum atomic E-state index is 5.71. The van der Waals surface area contributed by atoms with Gasteiger partial charge in [-0.2, -0.15) is 0 Å². The van der Waals surface area contributed by atoms with Crippen molar-refractivity contribution < 1.29 is 4.74 Å². The summed E-state index contributed by atoms with van der Waals surface area (Å²) in [5.74, 6) is 0.893. The monoisotopic (exact) mass is 248 g/mol. The lowest BCUT2D eigenvalue weighted by Crippen LogP contribution is -1.99. The summed E-state index contributed by atoms with van der Waals surface area (Å²) >= 11 is 1.57. The van der Waals surface area contributed by atoms with Crippen molar-refractivity contribution in [3.63, 3.8) is 0 Å². The third kappa shape index (κ3) is 3.28. The fourth-order valence-electron chi connectivity index (χ4n) is 1.68. The van der Waals surface area contributed by atoms with Crippen LogP contribution in [0.2, 0.25) is 0 Å². The zero-order valence-electron chi connectivity index (χ0n) is 10.1. The molecule has 4 heteroatoms. The van der Waals surface area contributed by atoms with E-state index < -0.39 is 0 Å². The van der Waals surface area contributed by atoms with Gasteiger partial charge in [-0.25, -0.2) is 4.98 Å². The number of aromatic nitrogens is 1. The molecule has 0 saturated heterocycles. The summed E-state index contributed by atoms with van der Waals surface area (Å²) in [5, 5.41) is 2.94. The van der Waals surface area contributed by atoms with E-state index in [9.17, 15) is 0 Å². The van der Waals surface area contributed by atoms with Gasteiger partial charge in [0.2, 0.25) is 0 Å². The summed E-state index contributed by atoms with van der Waals surface area (Å²) in [7, 11) is 0. The molecule has 0 unspecified atom stereocenters. The first-order valence-electron chi connectivity index (χ1n) is 5.52. The number of aryl methyl sites for hydroxylation is 2. The van der Waals surface area contributed by atoms with Crippen LogP contribution in [-0.4, -0.2) is 4.98 Å². The lowest BCUT2D eigenvalue weighted by atomic mass is 10.1. The van der Waals surface area contributed by atoms with Crippen molar-refractivity contribution in [2.75, 3.05) is 0 Å². The van der Waals surface area contributed by atoms with Crippen LogP contribution >= 0.6 is 11.3 Å². The summed E-state index contributed by atoms with van der Waals surface area (Å²) in [6.07, 6.45) is 0. The quantitative estimate of drug-likeness (QED) is 0.905. The molecule has 90 valence electrons. The second kappa shape index (κ2) is 5.29. The molecule has 1 heterocycles. The van der Waals surface area contributed by atoms with Crippen LogP contribution in [0.1, 0.15) is 21.8 Å². The van der Waals surface area contributed by atoms with Gasteiger partial charge in [-0.15, -0.1) is 11.3 Å². The topological polar surface area (TPSA) is 48.1 Å². The predicted molar refractivity (Wildman–Crippen MR) is 70.3 cm³/mol. The fraction of sp³-hybridized carbons (Fsp3) is 0.308. The molecule has 1 aromatic heterocycles. The van der Waals surface area contributed by atoms with Crippen LogP contribution in [0.3, 0.4) is 0 Å². The highest BCUT2D eigenvalue weighted by Crippen LogP contribution is 2.18. The van der Waals surface area contributed by atoms with Crippen molar-refractivity contribution in [3.05, 3.63) is 45.4 Å². The van der Waals surface area contributed by atoms with Crippen LogP contribution < -0.4 is 10.5 Å². The minimum absolute atomic E-state index is 0.494. The van der Waals surface area contributed by atoms with Gasteiger partial charge in [-0.3, -0.25) is 0 Å². The van der Waals surface area contributed by atoms with Gasteiger partial charge in [-0.1, -0.05) is 6.07 Å². The number of nitrogens with two attached hydrogens (primary N) is 1. The molecule has 2 aromatic rings. The lowest BCUT2D eigenvalue weighted by molar-refractivity contribution is 0.301. The van der Waals surface area contributed by atoms with Crippen LogP contribution in [0.5, 0.6) is 5.75 Å². The number of thiazole rings is 1. The highest BCUT2D eigenvalue weighted by molar-refractivity contribution is 7.09. The molecule has 0 aliphatic heterocycles. The van der Waals surface area contributed by atoms with E-state index in [1.807, 2.05) is 17.5 Å². The van der Waals surface area contributed by atoms with E-state index in [4.69, 9.17) is 10.5 Å². The third-order valence-electron chi connectivity index (χ3n) is 2.36. The molecule has 0 spiro atoms. The molecule has 0 radical (unpaired) electrons. The molecule has 0 fully saturated rings. The Morgan fingerprint density at radius 1 is 1.24 bits per heavy atom. The number of hydrogen-bond acceptors (Lipinski definition) is 4. The number of rotatable bonds is 4. The van der Waals surface area contributed by atoms with Gasteiger partial charge in [0.1, 0.15) is 17.4 Å². The van der Waals surface area contributed by atoms with E-state index in [0.29, 0.717) is 13.2 Å². The average molecular weight is 248 g/mol. The Kier molecular flexibility index (Phi) is 3.76. The zero-order chi connectivity index (χ0) is 12.3. The van der Waals surface area contributed by atoms with Crippen LogP contribution in [0.15, 0.2) is 23.6 Å². The lowest BCUT2D eigenvalue weighted by Gasteiger charge is -2.06. The maximum Gasteiger partial charge on any atom is 0.131 e. The van der Waals surface area contributed by atoms with Crippen molar-refractivity contribution in [1.29, 1.82) is 0 Å². The first kappa shape index (κ1) is 12.1. The molecule has 0 saturated carbocycles. The SMILES string of the molecule is Cc1cc(C)cc(OCc2csc(CN)n2)c1. The van der Waals surface area contributed by atoms with E-state index in [1.54, 1.807) is 11.3 Å². The first-order chi connectivity index (χ1) is 8.17. The Bertz CT molecular complexity index is 488. The first-order valence-corrected chi connectivity index (χ1v) is 6.40. The highest BCUT2D eigenvalue weighted by atomic mass is 32.1. The number of nitrogens with zero attached hydrogens (tertiary/aromatic N) is 1. The molecule has 0 atom stereocenters. The van der Waals surface area contributed by atoms with Crippen LogP contribution in [-0.2, 0) is 13.2 Å². The summed E-state index contributed by atoms with van der Waals surface area (Å²) in [6.45, 7) is 5.12. The molecule has 0 bridgehead atoms. The second-order valence-corrected chi connectivity index (χ2v) is 4.99. The Hall–Kier alpha value is -1.39. The van der Waals surface area contributed by atoms with E-state index in [0.717, 1.165) is 16.5 Å². The summed E-state index contributed by atoms with van der Waals surface area (Å²) in [4.78, 5) is 4.36. The standard InChI is InChI=1S/C13H16N2OS/c1-9-3-10(2)5-12(4-9)16-7-11-8-17-13(6-14)15-11/h3-5,8H,6-7,14H2,1-2H3. The molecule has 2 rings (SSSR count). The van der Waals surface area contributed by atoms with Gasteiger partial charge in [0, 0.05) is 11.9 Å². The van der Waals surface area contributed by atoms with Crippen molar-refractivity contribution in [3.8, 4) is 5.75 Å². The molecule has 3 nitrogen and oxygen atoms in total. The van der Waals surface area contributed by atoms with Crippen molar-refractivity contribution >= 4 is 11.3 Å². The molecule has 0 aliphatic rings. The fourth-order valence-corrected chi connectivity index (χ4v) is 2.34. The zero-order valence-corrected chi connectivity index (χ0v) is 10.9. The van der Waals surface area contributed by atoms with E-state index in [1.165, 1.54) is 11.1 Å². The van der Waals surface area contributed by atoms with Gasteiger partial charge in [0.05, 0.1) is 5.69 Å². The Morgan fingerprint density at radius 2 is 1.94 bits per heavy atom. The number of benzene rings is 1. The molecule has 17 heavy (non-hydrogen) atoms. The number of hydrogen-bond donors (Lipinski definition) is 1. The maximum absolute atomic E-state index is 5.71. The van der Waals surface area contributed by atoms with Gasteiger partial charge >= 0.3 is 0 Å². The molecule has 0 aliphatic carbocycles. The van der Waals surface area contributed by atoms with Gasteiger partial charge in [-0.05, 0) is 37.1 Å². The van der Waals surface area contributed by atoms with Crippen LogP contribution in [0.25, 0.3) is 0 Å². The van der Waals surface area contributed by atoms with Crippen LogP contribution in [0, 0.1) is 13.8 Å². The largest absolute Gasteiger partial charge is 0.487 e. The smallest absolute Gasteiger partial charge is 0.131 e. The van der Waals surface area contributed by atoms with Crippen molar-refractivity contribution in [2.24, 2.45) is 5.73 Å². The summed E-state index contributed by atoms with van der Waals surface area (Å²) < 4.78 is 5.71. The molecule has 0 amide bonds. The average Bonchev–Trinajstić information content (AvgIpc) is 2.73. The third-order valence-corrected chi connectivity index (χ3v) is 3.28. The van der Waals surface area contributed by atoms with Gasteiger partial charge < -0.3 is 10.5 Å². The van der Waals surface area contributed by atoms with Crippen molar-refractivity contribution in [1.82, 2.24) is 4.98 Å². The minimum Gasteiger partial charge on any atom is -0.487 e. The normalized spacial score (nSPS) is 10.5. The Labute approximate surface area is 105 Å². The van der Waals surface area contributed by atoms with Gasteiger partial charge in [0.15, 0.2) is 0 Å². The van der Waals surface area contributed by atoms with E-state index >= 15 is 0 Å². The van der Waals surface area contributed by atoms with Crippen LogP contribution in [0.4, 0.5) is 0 Å². The Balaban J connectivity index is 2.01. The Morgan fingerprint density at radius 3 is 2.53 bits per heavy atom. The molecular weight excluding hydrogens is 232 g/mol. The highest BCUT2D eigenvalue weighted by Gasteiger charge is 2.02. The van der Waals surface area contributed by atoms with E-state index in [-0.39, 0.29) is 0 Å². The predicted octanol–water partition coefficient (Wildman–Crippen LogP) is 2.80. The second-order valence-electron chi connectivity index (χ2n) is 4.05. The molecule has 1 aromatic carbocycles. The minimum atomic E-state index is 0.494. The summed E-state index contributed by atoms with van der Waals surface area (Å²) in [6, 6.07) is 6.19. The van der Waals surface area contributed by atoms with Crippen molar-refractivity contribution in [2.45, 2.75) is 27.0 Å².